The maximum atomic E-state index is 12.2. The predicted octanol–water partition coefficient (Wildman–Crippen LogP) is 4.71. The smallest absolute Gasteiger partial charge is 0.135 e. The van der Waals surface area contributed by atoms with Crippen LogP contribution in [0.3, 0.4) is 0 Å². The summed E-state index contributed by atoms with van der Waals surface area (Å²) in [6.45, 7) is 0. The lowest BCUT2D eigenvalue weighted by atomic mass is 9.84. The van der Waals surface area contributed by atoms with Gasteiger partial charge in [0, 0.05) is 23.9 Å². The lowest BCUT2D eigenvalue weighted by molar-refractivity contribution is -0.123. The van der Waals surface area contributed by atoms with Crippen molar-refractivity contribution in [2.24, 2.45) is 5.92 Å². The minimum Gasteiger partial charge on any atom is -0.299 e. The van der Waals surface area contributed by atoms with Crippen molar-refractivity contribution in [2.75, 3.05) is 0 Å². The highest BCUT2D eigenvalue weighted by Crippen LogP contribution is 2.26. The van der Waals surface area contributed by atoms with Crippen LogP contribution in [0.5, 0.6) is 0 Å². The Bertz CT molecular complexity index is 608. The number of carbonyl (C=O) groups is 1. The summed E-state index contributed by atoms with van der Waals surface area (Å²) in [5.74, 6) is 0.840. The van der Waals surface area contributed by atoms with Gasteiger partial charge >= 0.3 is 0 Å². The van der Waals surface area contributed by atoms with Crippen molar-refractivity contribution >= 4 is 16.7 Å². The van der Waals surface area contributed by atoms with Gasteiger partial charge in [-0.1, -0.05) is 43.5 Å². The van der Waals surface area contributed by atoms with Crippen molar-refractivity contribution in [1.82, 2.24) is 4.98 Å². The van der Waals surface area contributed by atoms with Crippen LogP contribution in [0.25, 0.3) is 10.9 Å². The van der Waals surface area contributed by atoms with Crippen LogP contribution in [0, 0.1) is 5.92 Å². The molecule has 1 fully saturated rings. The average molecular weight is 281 g/mol. The van der Waals surface area contributed by atoms with E-state index >= 15 is 0 Å². The lowest BCUT2D eigenvalue weighted by Crippen LogP contribution is -2.17. The first-order valence-electron chi connectivity index (χ1n) is 8.20. The summed E-state index contributed by atoms with van der Waals surface area (Å²) in [7, 11) is 0. The number of aromatic nitrogens is 1. The van der Waals surface area contributed by atoms with E-state index in [2.05, 4.69) is 29.2 Å². The molecule has 0 radical (unpaired) electrons. The standard InChI is InChI=1S/C19H23NO/c21-18(15-7-2-1-3-8-15)13-5-11-16-9-4-10-17-12-6-14-20-19(16)17/h4,6,9-10,12,14-15H,1-3,5,7-8,11,13H2. The third-order valence-corrected chi connectivity index (χ3v) is 4.65. The summed E-state index contributed by atoms with van der Waals surface area (Å²) in [4.78, 5) is 16.7. The minimum absolute atomic E-state index is 0.351. The molecule has 1 aliphatic carbocycles. The zero-order chi connectivity index (χ0) is 14.5. The number of aryl methyl sites for hydroxylation is 1. The molecule has 1 aliphatic rings. The molecule has 0 unspecified atom stereocenters. The van der Waals surface area contributed by atoms with Crippen LogP contribution in [0.15, 0.2) is 36.5 Å². The van der Waals surface area contributed by atoms with E-state index in [-0.39, 0.29) is 0 Å². The zero-order valence-electron chi connectivity index (χ0n) is 12.6. The van der Waals surface area contributed by atoms with Crippen LogP contribution in [-0.2, 0) is 11.2 Å². The maximum Gasteiger partial charge on any atom is 0.135 e. The van der Waals surface area contributed by atoms with Gasteiger partial charge in [-0.3, -0.25) is 9.78 Å². The molecule has 0 N–H and O–H groups in total. The second-order valence-electron chi connectivity index (χ2n) is 6.15. The monoisotopic (exact) mass is 281 g/mol. The number of hydrogen-bond acceptors (Lipinski definition) is 2. The summed E-state index contributed by atoms with van der Waals surface area (Å²) in [5.41, 5.74) is 2.36. The zero-order valence-corrected chi connectivity index (χ0v) is 12.6. The van der Waals surface area contributed by atoms with Gasteiger partial charge in [-0.15, -0.1) is 0 Å². The Hall–Kier alpha value is -1.70. The van der Waals surface area contributed by atoms with E-state index in [0.29, 0.717) is 11.7 Å². The first-order chi connectivity index (χ1) is 10.3. The average Bonchev–Trinajstić information content (AvgIpc) is 2.56. The predicted molar refractivity (Wildman–Crippen MR) is 86.3 cm³/mol. The topological polar surface area (TPSA) is 30.0 Å². The fraction of sp³-hybridized carbons (Fsp3) is 0.474. The number of Topliss-reactive ketones (excluding diaryl/α,β-unsaturated/α-hetero) is 1. The van der Waals surface area contributed by atoms with Crippen LogP contribution >= 0.6 is 0 Å². The number of nitrogens with zero attached hydrogens (tertiary/aromatic N) is 1. The summed E-state index contributed by atoms with van der Waals surface area (Å²) in [5, 5.41) is 1.19. The summed E-state index contributed by atoms with van der Waals surface area (Å²) >= 11 is 0. The molecule has 0 spiro atoms. The molecular formula is C19H23NO. The van der Waals surface area contributed by atoms with Gasteiger partial charge < -0.3 is 0 Å². The fourth-order valence-electron chi connectivity index (χ4n) is 3.45. The molecule has 1 heterocycles. The molecule has 0 amide bonds. The molecule has 110 valence electrons. The van der Waals surface area contributed by atoms with E-state index in [0.717, 1.165) is 37.6 Å². The van der Waals surface area contributed by atoms with Gasteiger partial charge in [0.15, 0.2) is 0 Å². The Morgan fingerprint density at radius 1 is 1.10 bits per heavy atom. The Balaban J connectivity index is 1.58. The van der Waals surface area contributed by atoms with E-state index in [1.54, 1.807) is 0 Å². The molecule has 2 heteroatoms. The highest BCUT2D eigenvalue weighted by atomic mass is 16.1. The number of rotatable bonds is 5. The normalized spacial score (nSPS) is 16.2. The van der Waals surface area contributed by atoms with E-state index in [9.17, 15) is 4.79 Å². The van der Waals surface area contributed by atoms with Crippen molar-refractivity contribution in [3.8, 4) is 0 Å². The number of carbonyl (C=O) groups excluding carboxylic acids is 1. The number of pyridine rings is 1. The molecule has 1 aromatic carbocycles. The van der Waals surface area contributed by atoms with Gasteiger partial charge in [-0.05, 0) is 37.3 Å². The van der Waals surface area contributed by atoms with Crippen LogP contribution in [-0.4, -0.2) is 10.8 Å². The number of benzene rings is 1. The lowest BCUT2D eigenvalue weighted by Gasteiger charge is -2.20. The highest BCUT2D eigenvalue weighted by Gasteiger charge is 2.20. The molecule has 0 atom stereocenters. The summed E-state index contributed by atoms with van der Waals surface area (Å²) in [6.07, 6.45) is 10.5. The van der Waals surface area contributed by atoms with Gasteiger partial charge in [0.1, 0.15) is 5.78 Å². The third kappa shape index (κ3) is 3.49. The first kappa shape index (κ1) is 14.2. The van der Waals surface area contributed by atoms with Crippen molar-refractivity contribution < 1.29 is 4.79 Å². The van der Waals surface area contributed by atoms with E-state index in [1.165, 1.54) is 30.2 Å². The van der Waals surface area contributed by atoms with Crippen LogP contribution < -0.4 is 0 Å². The van der Waals surface area contributed by atoms with Gasteiger partial charge in [0.05, 0.1) is 5.52 Å². The molecule has 0 saturated heterocycles. The fourth-order valence-corrected chi connectivity index (χ4v) is 3.45. The molecule has 3 rings (SSSR count). The van der Waals surface area contributed by atoms with E-state index in [1.807, 2.05) is 12.3 Å². The molecule has 0 bridgehead atoms. The molecule has 2 nitrogen and oxygen atoms in total. The summed E-state index contributed by atoms with van der Waals surface area (Å²) < 4.78 is 0. The van der Waals surface area contributed by atoms with Crippen molar-refractivity contribution in [3.63, 3.8) is 0 Å². The molecule has 1 aromatic heterocycles. The molecule has 2 aromatic rings. The third-order valence-electron chi connectivity index (χ3n) is 4.65. The second-order valence-corrected chi connectivity index (χ2v) is 6.15. The largest absolute Gasteiger partial charge is 0.299 e. The van der Waals surface area contributed by atoms with Gasteiger partial charge in [0.2, 0.25) is 0 Å². The van der Waals surface area contributed by atoms with Gasteiger partial charge in [0.25, 0.3) is 0 Å². The van der Waals surface area contributed by atoms with Crippen molar-refractivity contribution in [2.45, 2.75) is 51.4 Å². The van der Waals surface area contributed by atoms with E-state index in [4.69, 9.17) is 0 Å². The SMILES string of the molecule is O=C(CCCc1cccc2cccnc12)C1CCCCC1. The minimum atomic E-state index is 0.351. The highest BCUT2D eigenvalue weighted by molar-refractivity contribution is 5.82. The Kier molecular flexibility index (Phi) is 4.64. The van der Waals surface area contributed by atoms with Crippen molar-refractivity contribution in [3.05, 3.63) is 42.1 Å². The van der Waals surface area contributed by atoms with Gasteiger partial charge in [-0.2, -0.15) is 0 Å². The molecule has 21 heavy (non-hydrogen) atoms. The molecule has 0 aliphatic heterocycles. The van der Waals surface area contributed by atoms with Crippen molar-refractivity contribution in [1.29, 1.82) is 0 Å². The Morgan fingerprint density at radius 3 is 2.76 bits per heavy atom. The van der Waals surface area contributed by atoms with E-state index < -0.39 is 0 Å². The molecular weight excluding hydrogens is 258 g/mol. The van der Waals surface area contributed by atoms with Crippen LogP contribution in [0.4, 0.5) is 0 Å². The Labute approximate surface area is 126 Å². The quantitative estimate of drug-likeness (QED) is 0.794. The number of fused-ring (bicyclic) bond motifs is 1. The Morgan fingerprint density at radius 2 is 1.90 bits per heavy atom. The number of hydrogen-bond donors (Lipinski definition) is 0. The molecule has 1 saturated carbocycles. The van der Waals surface area contributed by atoms with Crippen LogP contribution in [0.1, 0.15) is 50.5 Å². The van der Waals surface area contributed by atoms with Gasteiger partial charge in [-0.25, -0.2) is 0 Å². The maximum absolute atomic E-state index is 12.2. The number of ketones is 1. The first-order valence-corrected chi connectivity index (χ1v) is 8.20. The van der Waals surface area contributed by atoms with Crippen LogP contribution in [0.2, 0.25) is 0 Å². The summed E-state index contributed by atoms with van der Waals surface area (Å²) in [6, 6.07) is 10.4. The second kappa shape index (κ2) is 6.84. The number of para-hydroxylation sites is 1.